The summed E-state index contributed by atoms with van der Waals surface area (Å²) in [7, 11) is 0. The van der Waals surface area contributed by atoms with Crippen LogP contribution in [-0.2, 0) is 4.79 Å². The highest BCUT2D eigenvalue weighted by Gasteiger charge is 2.17. The molecule has 1 aliphatic rings. The summed E-state index contributed by atoms with van der Waals surface area (Å²) in [5, 5.41) is 6.52. The lowest BCUT2D eigenvalue weighted by molar-refractivity contribution is -0.128. The van der Waals surface area contributed by atoms with Gasteiger partial charge in [-0.15, -0.1) is 0 Å². The summed E-state index contributed by atoms with van der Waals surface area (Å²) in [4.78, 5) is 13.5. The van der Waals surface area contributed by atoms with Crippen molar-refractivity contribution in [2.24, 2.45) is 0 Å². The van der Waals surface area contributed by atoms with Gasteiger partial charge in [0.15, 0.2) is 5.11 Å². The van der Waals surface area contributed by atoms with Gasteiger partial charge in [0.2, 0.25) is 5.91 Å². The third kappa shape index (κ3) is 4.46. The number of carbonyl (C=O) groups excluding carboxylic acids is 1. The van der Waals surface area contributed by atoms with Crippen LogP contribution in [0, 0.1) is 0 Å². The third-order valence-electron chi connectivity index (χ3n) is 2.39. The quantitative estimate of drug-likeness (QED) is 0.688. The fourth-order valence-electron chi connectivity index (χ4n) is 1.54. The fraction of sp³-hybridized carbons (Fsp3) is 0.800. The minimum atomic E-state index is 0.146. The van der Waals surface area contributed by atoms with Crippen molar-refractivity contribution in [1.29, 1.82) is 0 Å². The number of rotatable bonds is 4. The Labute approximate surface area is 96.4 Å². The second kappa shape index (κ2) is 6.61. The van der Waals surface area contributed by atoms with Crippen LogP contribution < -0.4 is 10.6 Å². The fourth-order valence-corrected chi connectivity index (χ4v) is 1.71. The molecule has 0 aromatic heterocycles. The largest absolute Gasteiger partial charge is 0.363 e. The Kier molecular flexibility index (Phi) is 5.39. The van der Waals surface area contributed by atoms with Gasteiger partial charge in [0, 0.05) is 19.6 Å². The average molecular weight is 229 g/mol. The van der Waals surface area contributed by atoms with Crippen LogP contribution in [0.5, 0.6) is 0 Å². The highest BCUT2D eigenvalue weighted by atomic mass is 32.1. The number of amides is 1. The molecule has 1 heterocycles. The monoisotopic (exact) mass is 229 g/mol. The van der Waals surface area contributed by atoms with E-state index in [1.807, 2.05) is 4.90 Å². The van der Waals surface area contributed by atoms with Crippen molar-refractivity contribution in [3.05, 3.63) is 0 Å². The van der Waals surface area contributed by atoms with E-state index in [9.17, 15) is 4.79 Å². The van der Waals surface area contributed by atoms with Crippen LogP contribution in [0.4, 0.5) is 0 Å². The molecule has 0 saturated carbocycles. The van der Waals surface area contributed by atoms with Crippen molar-refractivity contribution in [3.8, 4) is 0 Å². The first-order valence-corrected chi connectivity index (χ1v) is 5.94. The SMILES string of the molecule is CCCNC(=S)NCC(=O)N1CCCC1. The summed E-state index contributed by atoms with van der Waals surface area (Å²) in [5.74, 6) is 0.146. The molecule has 0 aliphatic carbocycles. The summed E-state index contributed by atoms with van der Waals surface area (Å²) >= 11 is 5.02. The summed E-state index contributed by atoms with van der Waals surface area (Å²) in [5.41, 5.74) is 0. The molecule has 0 unspecified atom stereocenters. The van der Waals surface area contributed by atoms with Gasteiger partial charge in [-0.3, -0.25) is 4.79 Å². The summed E-state index contributed by atoms with van der Waals surface area (Å²) < 4.78 is 0. The maximum atomic E-state index is 11.6. The lowest BCUT2D eigenvalue weighted by Gasteiger charge is -2.16. The van der Waals surface area contributed by atoms with Gasteiger partial charge < -0.3 is 15.5 Å². The lowest BCUT2D eigenvalue weighted by atomic mass is 10.4. The van der Waals surface area contributed by atoms with Crippen molar-refractivity contribution in [2.45, 2.75) is 26.2 Å². The van der Waals surface area contributed by atoms with Crippen molar-refractivity contribution < 1.29 is 4.79 Å². The van der Waals surface area contributed by atoms with Gasteiger partial charge in [-0.25, -0.2) is 0 Å². The number of likely N-dealkylation sites (tertiary alicyclic amines) is 1. The van der Waals surface area contributed by atoms with E-state index in [2.05, 4.69) is 17.6 Å². The van der Waals surface area contributed by atoms with Gasteiger partial charge in [0.1, 0.15) is 0 Å². The molecule has 0 aromatic rings. The molecule has 0 atom stereocenters. The summed E-state index contributed by atoms with van der Waals surface area (Å²) in [6.45, 7) is 5.04. The molecule has 86 valence electrons. The standard InChI is InChI=1S/C10H19N3OS/c1-2-5-11-10(15)12-8-9(14)13-6-3-4-7-13/h2-8H2,1H3,(H2,11,12,15). The zero-order valence-electron chi connectivity index (χ0n) is 9.21. The number of carbonyl (C=O) groups is 1. The Morgan fingerprint density at radius 2 is 2.00 bits per heavy atom. The van der Waals surface area contributed by atoms with Crippen LogP contribution in [0.25, 0.3) is 0 Å². The maximum Gasteiger partial charge on any atom is 0.241 e. The number of thiocarbonyl (C=S) groups is 1. The molecule has 5 heteroatoms. The predicted molar refractivity (Wildman–Crippen MR) is 64.7 cm³/mol. The zero-order valence-corrected chi connectivity index (χ0v) is 10.0. The second-order valence-electron chi connectivity index (χ2n) is 3.70. The molecule has 1 saturated heterocycles. The molecule has 2 N–H and O–H groups in total. The molecule has 15 heavy (non-hydrogen) atoms. The molecule has 1 amide bonds. The van der Waals surface area contributed by atoms with Gasteiger partial charge >= 0.3 is 0 Å². The van der Waals surface area contributed by atoms with Crippen LogP contribution in [0.2, 0.25) is 0 Å². The number of hydrogen-bond acceptors (Lipinski definition) is 2. The van der Waals surface area contributed by atoms with Crippen molar-refractivity contribution in [1.82, 2.24) is 15.5 Å². The predicted octanol–water partition coefficient (Wildman–Crippen LogP) is 0.483. The molecule has 0 aromatic carbocycles. The molecule has 1 fully saturated rings. The van der Waals surface area contributed by atoms with E-state index in [0.717, 1.165) is 38.9 Å². The van der Waals surface area contributed by atoms with Gasteiger partial charge in [0.25, 0.3) is 0 Å². The van der Waals surface area contributed by atoms with E-state index in [-0.39, 0.29) is 5.91 Å². The molecular formula is C10H19N3OS. The molecule has 4 nitrogen and oxygen atoms in total. The first-order valence-electron chi connectivity index (χ1n) is 5.53. The zero-order chi connectivity index (χ0) is 11.1. The normalized spacial score (nSPS) is 15.1. The number of hydrogen-bond donors (Lipinski definition) is 2. The first kappa shape index (κ1) is 12.2. The van der Waals surface area contributed by atoms with E-state index in [0.29, 0.717) is 11.7 Å². The minimum Gasteiger partial charge on any atom is -0.363 e. The maximum absolute atomic E-state index is 11.6. The molecule has 1 rings (SSSR count). The topological polar surface area (TPSA) is 44.4 Å². The Morgan fingerprint density at radius 1 is 1.33 bits per heavy atom. The van der Waals surface area contributed by atoms with Crippen molar-refractivity contribution >= 4 is 23.2 Å². The van der Waals surface area contributed by atoms with E-state index in [1.165, 1.54) is 0 Å². The molecule has 1 aliphatic heterocycles. The third-order valence-corrected chi connectivity index (χ3v) is 2.68. The highest BCUT2D eigenvalue weighted by Crippen LogP contribution is 2.06. The van der Waals surface area contributed by atoms with Crippen LogP contribution >= 0.6 is 12.2 Å². The Hall–Kier alpha value is -0.840. The molecule has 0 spiro atoms. The van der Waals surface area contributed by atoms with Crippen LogP contribution in [-0.4, -0.2) is 42.1 Å². The molecule has 0 bridgehead atoms. The Bertz CT molecular complexity index is 227. The van der Waals surface area contributed by atoms with Gasteiger partial charge in [-0.1, -0.05) is 6.92 Å². The second-order valence-corrected chi connectivity index (χ2v) is 4.11. The molecular weight excluding hydrogens is 210 g/mol. The summed E-state index contributed by atoms with van der Waals surface area (Å²) in [6, 6.07) is 0. The Morgan fingerprint density at radius 3 is 2.60 bits per heavy atom. The first-order chi connectivity index (χ1) is 7.24. The van der Waals surface area contributed by atoms with Gasteiger partial charge in [0.05, 0.1) is 6.54 Å². The van der Waals surface area contributed by atoms with Crippen molar-refractivity contribution in [3.63, 3.8) is 0 Å². The van der Waals surface area contributed by atoms with Gasteiger partial charge in [-0.05, 0) is 31.5 Å². The van der Waals surface area contributed by atoms with E-state index in [4.69, 9.17) is 12.2 Å². The van der Waals surface area contributed by atoms with Crippen molar-refractivity contribution in [2.75, 3.05) is 26.2 Å². The van der Waals surface area contributed by atoms with E-state index < -0.39 is 0 Å². The highest BCUT2D eigenvalue weighted by molar-refractivity contribution is 7.80. The average Bonchev–Trinajstić information content (AvgIpc) is 2.76. The molecule has 0 radical (unpaired) electrons. The lowest BCUT2D eigenvalue weighted by Crippen LogP contribution is -2.42. The number of nitrogens with one attached hydrogen (secondary N) is 2. The smallest absolute Gasteiger partial charge is 0.241 e. The van der Waals surface area contributed by atoms with E-state index >= 15 is 0 Å². The van der Waals surface area contributed by atoms with Crippen LogP contribution in [0.1, 0.15) is 26.2 Å². The summed E-state index contributed by atoms with van der Waals surface area (Å²) in [6.07, 6.45) is 3.29. The Balaban J connectivity index is 2.12. The number of nitrogens with zero attached hydrogens (tertiary/aromatic N) is 1. The minimum absolute atomic E-state index is 0.146. The van der Waals surface area contributed by atoms with Crippen LogP contribution in [0.15, 0.2) is 0 Å². The van der Waals surface area contributed by atoms with Gasteiger partial charge in [-0.2, -0.15) is 0 Å². The van der Waals surface area contributed by atoms with Crippen LogP contribution in [0.3, 0.4) is 0 Å². The van der Waals surface area contributed by atoms with E-state index in [1.54, 1.807) is 0 Å².